The molecule has 18 nitrogen and oxygen atoms in total. The van der Waals surface area contributed by atoms with E-state index in [2.05, 4.69) is 8.83 Å². The molecular weight excluding hydrogens is 658 g/mol. The van der Waals surface area contributed by atoms with E-state index in [1.807, 2.05) is 4.98 Å². The number of hydrogen-bond acceptors (Lipinski definition) is 13. The van der Waals surface area contributed by atoms with Gasteiger partial charge in [0.05, 0.1) is 30.8 Å². The second kappa shape index (κ2) is 14.9. The standard InChI is InChI=1S/C26H26N2O16P2/c29-19-11-13-28(26(34)27-19)23-22(43-25(33)17-9-5-2-6-10-17)21(42-24(32)16-7-3-1-4-8-16)18(41-23)15-40-46(37,38)44-45(35,36)39-14-12-20(30)31/h1-11,13,18,21-23H,12,14-15H2,(H,30,31)(H,35,36)(H,37,38)(H,27,29,34)/t18-,21?,22?,23-/m1/s1. The first-order chi connectivity index (χ1) is 21.7. The summed E-state index contributed by atoms with van der Waals surface area (Å²) < 4.78 is 55.9. The van der Waals surface area contributed by atoms with Crippen molar-refractivity contribution in [2.45, 2.75) is 31.0 Å². The SMILES string of the molecule is O=C(O)CCOP(=O)(O)OP(=O)(O)OC[C@H]1O[C@@H](n2ccc(=O)[nH]c2=O)C(OC(=O)c2ccccc2)C1OC(=O)c1ccccc1. The molecule has 1 fully saturated rings. The van der Waals surface area contributed by atoms with Crippen LogP contribution >= 0.6 is 15.6 Å². The third kappa shape index (κ3) is 9.38. The van der Waals surface area contributed by atoms with Gasteiger partial charge in [0.2, 0.25) is 0 Å². The van der Waals surface area contributed by atoms with Crippen LogP contribution < -0.4 is 11.2 Å². The van der Waals surface area contributed by atoms with Crippen molar-refractivity contribution in [2.75, 3.05) is 13.2 Å². The maximum absolute atomic E-state index is 13.1. The summed E-state index contributed by atoms with van der Waals surface area (Å²) >= 11 is 0. The third-order valence-corrected chi connectivity index (χ3v) is 8.73. The number of rotatable bonds is 14. The predicted octanol–water partition coefficient (Wildman–Crippen LogP) is 1.61. The zero-order valence-electron chi connectivity index (χ0n) is 23.3. The van der Waals surface area contributed by atoms with Gasteiger partial charge >= 0.3 is 39.2 Å². The smallest absolute Gasteiger partial charge is 0.481 e. The molecule has 3 aromatic rings. The zero-order valence-corrected chi connectivity index (χ0v) is 25.1. The van der Waals surface area contributed by atoms with Gasteiger partial charge in [0, 0.05) is 12.3 Å². The molecule has 2 aromatic carbocycles. The van der Waals surface area contributed by atoms with Crippen molar-refractivity contribution in [2.24, 2.45) is 0 Å². The Morgan fingerprint density at radius 1 is 0.826 bits per heavy atom. The molecule has 0 radical (unpaired) electrons. The van der Waals surface area contributed by atoms with Crippen LogP contribution in [0.1, 0.15) is 33.4 Å². The van der Waals surface area contributed by atoms with Gasteiger partial charge in [-0.05, 0) is 24.3 Å². The minimum Gasteiger partial charge on any atom is -0.481 e. The summed E-state index contributed by atoms with van der Waals surface area (Å²) in [6.45, 7) is -1.89. The van der Waals surface area contributed by atoms with Gasteiger partial charge in [-0.3, -0.25) is 28.2 Å². The molecule has 1 aliphatic rings. The van der Waals surface area contributed by atoms with Crippen LogP contribution in [0, 0.1) is 0 Å². The quantitative estimate of drug-likeness (QED) is 0.139. The molecule has 0 spiro atoms. The summed E-state index contributed by atoms with van der Waals surface area (Å²) in [5.41, 5.74) is -1.71. The van der Waals surface area contributed by atoms with E-state index >= 15 is 0 Å². The summed E-state index contributed by atoms with van der Waals surface area (Å²) in [5.74, 6) is -3.31. The molecular formula is C26H26N2O16P2. The van der Waals surface area contributed by atoms with Crippen molar-refractivity contribution in [1.82, 2.24) is 9.55 Å². The summed E-state index contributed by atoms with van der Waals surface area (Å²) in [4.78, 5) is 83.1. The number of ether oxygens (including phenoxy) is 3. The number of carboxylic acids is 1. The van der Waals surface area contributed by atoms with Gasteiger partial charge < -0.3 is 29.1 Å². The van der Waals surface area contributed by atoms with Crippen LogP contribution in [0.5, 0.6) is 0 Å². The molecule has 4 unspecified atom stereocenters. The van der Waals surface area contributed by atoms with E-state index in [1.54, 1.807) is 24.3 Å². The molecule has 0 saturated carbocycles. The Bertz CT molecular complexity index is 1760. The summed E-state index contributed by atoms with van der Waals surface area (Å²) in [6.07, 6.45) is -6.30. The van der Waals surface area contributed by atoms with Gasteiger partial charge in [-0.25, -0.2) is 23.5 Å². The number of hydrogen-bond donors (Lipinski definition) is 4. The first kappa shape index (κ1) is 34.6. The van der Waals surface area contributed by atoms with Crippen LogP contribution in [0.4, 0.5) is 0 Å². The molecule has 4 N–H and O–H groups in total. The number of benzene rings is 2. The van der Waals surface area contributed by atoms with Gasteiger partial charge in [-0.1, -0.05) is 36.4 Å². The molecule has 2 heterocycles. The highest BCUT2D eigenvalue weighted by Gasteiger charge is 2.52. The van der Waals surface area contributed by atoms with Crippen molar-refractivity contribution in [3.63, 3.8) is 0 Å². The second-order valence-electron chi connectivity index (χ2n) is 9.35. The van der Waals surface area contributed by atoms with E-state index in [1.165, 1.54) is 36.4 Å². The van der Waals surface area contributed by atoms with Crippen molar-refractivity contribution >= 4 is 33.6 Å². The number of carbonyl (C=O) groups is 3. The maximum Gasteiger partial charge on any atom is 0.481 e. The first-order valence-electron chi connectivity index (χ1n) is 13.1. The Morgan fingerprint density at radius 2 is 1.37 bits per heavy atom. The first-order valence-corrected chi connectivity index (χ1v) is 16.1. The highest BCUT2D eigenvalue weighted by Crippen LogP contribution is 2.60. The lowest BCUT2D eigenvalue weighted by molar-refractivity contribution is -0.137. The topological polar surface area (TPSA) is 256 Å². The molecule has 1 saturated heterocycles. The summed E-state index contributed by atoms with van der Waals surface area (Å²) in [7, 11) is -10.8. The molecule has 20 heteroatoms. The Kier molecular flexibility index (Phi) is 11.2. The number of carbonyl (C=O) groups excluding carboxylic acids is 2. The molecule has 1 aliphatic heterocycles. The van der Waals surface area contributed by atoms with Gasteiger partial charge in [-0.15, -0.1) is 0 Å². The Balaban J connectivity index is 1.65. The molecule has 0 amide bonds. The molecule has 0 aliphatic carbocycles. The van der Waals surface area contributed by atoms with Crippen molar-refractivity contribution in [3.8, 4) is 0 Å². The average Bonchev–Trinajstić information content (AvgIpc) is 3.32. The van der Waals surface area contributed by atoms with Crippen molar-refractivity contribution in [3.05, 3.63) is 105 Å². The fraction of sp³-hybridized carbons (Fsp3) is 0.269. The van der Waals surface area contributed by atoms with E-state index in [9.17, 15) is 42.9 Å². The lowest BCUT2D eigenvalue weighted by atomic mass is 10.1. The van der Waals surface area contributed by atoms with E-state index in [0.29, 0.717) is 0 Å². The van der Waals surface area contributed by atoms with Gasteiger partial charge in [0.25, 0.3) is 5.56 Å². The number of nitrogens with one attached hydrogen (secondary N) is 1. The van der Waals surface area contributed by atoms with Crippen LogP contribution in [0.15, 0.2) is 82.5 Å². The number of aliphatic carboxylic acids is 1. The number of aromatic nitrogens is 2. The van der Waals surface area contributed by atoms with E-state index in [4.69, 9.17) is 23.8 Å². The predicted molar refractivity (Wildman–Crippen MR) is 151 cm³/mol. The van der Waals surface area contributed by atoms with E-state index in [0.717, 1.165) is 16.8 Å². The Labute approximate surface area is 258 Å². The number of aromatic amines is 1. The highest BCUT2D eigenvalue weighted by molar-refractivity contribution is 7.61. The molecule has 0 bridgehead atoms. The monoisotopic (exact) mass is 684 g/mol. The molecule has 6 atom stereocenters. The number of nitrogens with zero attached hydrogens (tertiary/aromatic N) is 1. The van der Waals surface area contributed by atoms with Crippen LogP contribution in [-0.4, -0.2) is 73.9 Å². The van der Waals surface area contributed by atoms with Crippen LogP contribution in [0.25, 0.3) is 0 Å². The molecule has 246 valence electrons. The van der Waals surface area contributed by atoms with Crippen LogP contribution in [0.2, 0.25) is 0 Å². The lowest BCUT2D eigenvalue weighted by Gasteiger charge is -2.25. The minimum absolute atomic E-state index is 0.0378. The van der Waals surface area contributed by atoms with Gasteiger partial charge in [0.1, 0.15) is 6.10 Å². The van der Waals surface area contributed by atoms with Gasteiger partial charge in [-0.2, -0.15) is 4.31 Å². The van der Waals surface area contributed by atoms with Crippen LogP contribution in [-0.2, 0) is 41.5 Å². The summed E-state index contributed by atoms with van der Waals surface area (Å²) in [5, 5.41) is 8.64. The second-order valence-corrected chi connectivity index (χ2v) is 12.4. The van der Waals surface area contributed by atoms with Crippen LogP contribution in [0.3, 0.4) is 0 Å². The van der Waals surface area contributed by atoms with E-state index in [-0.39, 0.29) is 11.1 Å². The molecule has 46 heavy (non-hydrogen) atoms. The molecule has 4 rings (SSSR count). The molecule has 1 aromatic heterocycles. The highest BCUT2D eigenvalue weighted by atomic mass is 31.3. The maximum atomic E-state index is 13.1. The summed E-state index contributed by atoms with van der Waals surface area (Å²) in [6, 6.07) is 16.0. The zero-order chi connectivity index (χ0) is 33.5. The minimum atomic E-state index is -5.48. The number of H-pyrrole nitrogens is 1. The average molecular weight is 684 g/mol. The number of carboxylic acid groups (broad SMARTS) is 1. The van der Waals surface area contributed by atoms with Gasteiger partial charge in [0.15, 0.2) is 18.4 Å². The number of esters is 2. The fourth-order valence-electron chi connectivity index (χ4n) is 4.09. The van der Waals surface area contributed by atoms with Crippen molar-refractivity contribution in [1.29, 1.82) is 0 Å². The third-order valence-electron chi connectivity index (χ3n) is 6.09. The largest absolute Gasteiger partial charge is 0.481 e. The number of phosphoric acid groups is 2. The lowest BCUT2D eigenvalue weighted by Crippen LogP contribution is -2.42. The fourth-order valence-corrected chi connectivity index (χ4v) is 6.16. The van der Waals surface area contributed by atoms with E-state index < -0.39 is 89.0 Å². The number of phosphoric ester groups is 2. The normalized spacial score (nSPS) is 21.9. The van der Waals surface area contributed by atoms with Crippen molar-refractivity contribution < 1.29 is 66.0 Å². The Morgan fingerprint density at radius 3 is 1.91 bits per heavy atom. The Hall–Kier alpha value is -4.25.